The number of thioether (sulfide) groups is 1. The second-order valence-electron chi connectivity index (χ2n) is 4.14. The summed E-state index contributed by atoms with van der Waals surface area (Å²) in [6, 6.07) is 3.68. The Balaban J connectivity index is 2.37. The van der Waals surface area contributed by atoms with Crippen LogP contribution in [-0.4, -0.2) is 23.4 Å². The van der Waals surface area contributed by atoms with E-state index in [1.54, 1.807) is 24.8 Å². The lowest BCUT2D eigenvalue weighted by Crippen LogP contribution is -2.17. The van der Waals surface area contributed by atoms with Crippen LogP contribution in [0.2, 0.25) is 5.02 Å². The molecule has 0 saturated carbocycles. The number of rotatable bonds is 3. The maximum absolute atomic E-state index is 10.2. The molecule has 98 valence electrons. The second kappa shape index (κ2) is 5.95. The van der Waals surface area contributed by atoms with Gasteiger partial charge in [0.15, 0.2) is 6.10 Å². The van der Waals surface area contributed by atoms with E-state index in [0.29, 0.717) is 17.2 Å². The van der Waals surface area contributed by atoms with E-state index in [0.717, 1.165) is 29.1 Å². The topological polar surface area (TPSA) is 53.3 Å². The minimum Gasteiger partial charge on any atom is -0.479 e. The second-order valence-corrected chi connectivity index (χ2v) is 5.68. The van der Waals surface area contributed by atoms with Gasteiger partial charge < -0.3 is 9.84 Å². The molecule has 1 aromatic carbocycles. The molecule has 1 unspecified atom stereocenters. The smallest absolute Gasteiger partial charge is 0.214 e. The zero-order valence-electron chi connectivity index (χ0n) is 10.2. The summed E-state index contributed by atoms with van der Waals surface area (Å²) < 4.78 is 5.07. The maximum atomic E-state index is 10.2. The van der Waals surface area contributed by atoms with Crippen molar-refractivity contribution < 1.29 is 9.84 Å². The fraction of sp³-hybridized carbons (Fsp3) is 0.462. The molecule has 0 aliphatic carbocycles. The normalized spacial score (nSPS) is 15.9. The molecule has 5 heteroatoms. The monoisotopic (exact) mass is 285 g/mol. The van der Waals surface area contributed by atoms with Gasteiger partial charge in [-0.1, -0.05) is 11.6 Å². The molecule has 0 spiro atoms. The van der Waals surface area contributed by atoms with Gasteiger partial charge in [-0.25, -0.2) is 0 Å². The average molecular weight is 286 g/mol. The summed E-state index contributed by atoms with van der Waals surface area (Å²) >= 11 is 7.79. The van der Waals surface area contributed by atoms with Crippen LogP contribution in [-0.2, 0) is 11.2 Å². The zero-order valence-corrected chi connectivity index (χ0v) is 11.8. The Bertz CT molecular complexity index is 465. The Kier molecular flexibility index (Phi) is 4.54. The van der Waals surface area contributed by atoms with Crippen LogP contribution in [0.4, 0.5) is 0 Å². The van der Waals surface area contributed by atoms with Crippen molar-refractivity contribution in [1.82, 2.24) is 0 Å². The zero-order chi connectivity index (χ0) is 13.1. The van der Waals surface area contributed by atoms with Gasteiger partial charge in [-0.15, -0.1) is 11.8 Å². The number of nitrogens with one attached hydrogen (secondary N) is 1. The van der Waals surface area contributed by atoms with Crippen molar-refractivity contribution in [3.05, 3.63) is 28.3 Å². The summed E-state index contributed by atoms with van der Waals surface area (Å²) in [6.07, 6.45) is 1.07. The summed E-state index contributed by atoms with van der Waals surface area (Å²) in [6.45, 7) is 2.18. The Hall–Kier alpha value is -0.710. The van der Waals surface area contributed by atoms with E-state index in [9.17, 15) is 5.11 Å². The van der Waals surface area contributed by atoms with Crippen LogP contribution in [0.1, 0.15) is 30.6 Å². The van der Waals surface area contributed by atoms with Crippen LogP contribution in [0.5, 0.6) is 0 Å². The predicted molar refractivity (Wildman–Crippen MR) is 74.8 cm³/mol. The van der Waals surface area contributed by atoms with E-state index in [4.69, 9.17) is 21.7 Å². The van der Waals surface area contributed by atoms with Crippen molar-refractivity contribution in [3.63, 3.8) is 0 Å². The molecule has 2 rings (SSSR count). The van der Waals surface area contributed by atoms with Crippen molar-refractivity contribution in [1.29, 1.82) is 5.41 Å². The van der Waals surface area contributed by atoms with Gasteiger partial charge >= 0.3 is 0 Å². The molecule has 0 bridgehead atoms. The molecule has 2 N–H and O–H groups in total. The minimum atomic E-state index is -1.03. The quantitative estimate of drug-likeness (QED) is 0.661. The molecule has 1 atom stereocenters. The molecule has 3 nitrogen and oxygen atoms in total. The van der Waals surface area contributed by atoms with Gasteiger partial charge in [0.1, 0.15) is 0 Å². The number of halogens is 1. The van der Waals surface area contributed by atoms with Crippen molar-refractivity contribution >= 4 is 29.3 Å². The molecule has 0 saturated heterocycles. The lowest BCUT2D eigenvalue weighted by Gasteiger charge is -2.22. The van der Waals surface area contributed by atoms with Gasteiger partial charge in [0.25, 0.3) is 0 Å². The fourth-order valence-electron chi connectivity index (χ4n) is 2.05. The summed E-state index contributed by atoms with van der Waals surface area (Å²) in [5, 5.41) is 18.5. The molecule has 18 heavy (non-hydrogen) atoms. The Morgan fingerprint density at radius 1 is 1.61 bits per heavy atom. The SMILES string of the molecule is CCOC(=N)C(O)c1cc(Cl)cc2c1SCCC2. The maximum Gasteiger partial charge on any atom is 0.214 e. The molecule has 1 aromatic rings. The van der Waals surface area contributed by atoms with Crippen LogP contribution in [0.15, 0.2) is 17.0 Å². The van der Waals surface area contributed by atoms with Crippen molar-refractivity contribution in [3.8, 4) is 0 Å². The highest BCUT2D eigenvalue weighted by Gasteiger charge is 2.23. The molecule has 1 aliphatic heterocycles. The van der Waals surface area contributed by atoms with E-state index in [1.165, 1.54) is 0 Å². The molecular weight excluding hydrogens is 270 g/mol. The first kappa shape index (κ1) is 13.7. The van der Waals surface area contributed by atoms with Gasteiger partial charge in [0.05, 0.1) is 6.61 Å². The Labute approximate surface area is 116 Å². The van der Waals surface area contributed by atoms with Crippen molar-refractivity contribution in [2.24, 2.45) is 0 Å². The highest BCUT2D eigenvalue weighted by atomic mass is 35.5. The molecular formula is C13H16ClNO2S. The molecule has 1 heterocycles. The first-order valence-electron chi connectivity index (χ1n) is 5.98. The third kappa shape index (κ3) is 2.82. The van der Waals surface area contributed by atoms with E-state index < -0.39 is 6.10 Å². The molecule has 0 fully saturated rings. The lowest BCUT2D eigenvalue weighted by atomic mass is 10.0. The van der Waals surface area contributed by atoms with E-state index in [1.807, 2.05) is 6.07 Å². The third-order valence-corrected chi connectivity index (χ3v) is 4.34. The number of hydrogen-bond donors (Lipinski definition) is 2. The fourth-order valence-corrected chi connectivity index (χ4v) is 3.48. The summed E-state index contributed by atoms with van der Waals surface area (Å²) in [4.78, 5) is 1.06. The van der Waals surface area contributed by atoms with Crippen LogP contribution in [0.25, 0.3) is 0 Å². The number of aliphatic hydroxyl groups is 1. The van der Waals surface area contributed by atoms with E-state index in [-0.39, 0.29) is 5.90 Å². The third-order valence-electron chi connectivity index (χ3n) is 2.84. The molecule has 1 aliphatic rings. The minimum absolute atomic E-state index is 0.117. The van der Waals surface area contributed by atoms with Crippen LogP contribution in [0, 0.1) is 5.41 Å². The number of benzene rings is 1. The largest absolute Gasteiger partial charge is 0.479 e. The molecule has 0 amide bonds. The van der Waals surface area contributed by atoms with Gasteiger partial charge in [0.2, 0.25) is 5.90 Å². The van der Waals surface area contributed by atoms with Gasteiger partial charge in [-0.3, -0.25) is 5.41 Å². The molecule has 0 radical (unpaired) electrons. The standard InChI is InChI=1S/C13H16ClNO2S/c1-2-17-13(15)11(16)10-7-9(14)6-8-4-3-5-18-12(8)10/h6-7,11,15-16H,2-5H2,1H3. The van der Waals surface area contributed by atoms with Crippen molar-refractivity contribution in [2.45, 2.75) is 30.8 Å². The van der Waals surface area contributed by atoms with Crippen LogP contribution >= 0.6 is 23.4 Å². The van der Waals surface area contributed by atoms with Gasteiger partial charge in [-0.2, -0.15) is 0 Å². The first-order valence-corrected chi connectivity index (χ1v) is 7.34. The van der Waals surface area contributed by atoms with Gasteiger partial charge in [0, 0.05) is 15.5 Å². The van der Waals surface area contributed by atoms with Crippen LogP contribution < -0.4 is 0 Å². The predicted octanol–water partition coefficient (Wildman–Crippen LogP) is 3.43. The van der Waals surface area contributed by atoms with E-state index >= 15 is 0 Å². The van der Waals surface area contributed by atoms with Crippen LogP contribution in [0.3, 0.4) is 0 Å². The molecule has 0 aromatic heterocycles. The number of fused-ring (bicyclic) bond motifs is 1. The first-order chi connectivity index (χ1) is 8.63. The number of aryl methyl sites for hydroxylation is 1. The Morgan fingerprint density at radius 3 is 3.11 bits per heavy atom. The van der Waals surface area contributed by atoms with Gasteiger partial charge in [-0.05, 0) is 43.2 Å². The highest BCUT2D eigenvalue weighted by Crippen LogP contribution is 2.38. The highest BCUT2D eigenvalue weighted by molar-refractivity contribution is 7.99. The number of aliphatic hydroxyl groups excluding tert-OH is 1. The van der Waals surface area contributed by atoms with E-state index in [2.05, 4.69) is 0 Å². The lowest BCUT2D eigenvalue weighted by molar-refractivity contribution is 0.188. The summed E-state index contributed by atoms with van der Waals surface area (Å²) in [5.41, 5.74) is 1.86. The Morgan fingerprint density at radius 2 is 2.39 bits per heavy atom. The summed E-state index contributed by atoms with van der Waals surface area (Å²) in [5.74, 6) is 0.921. The summed E-state index contributed by atoms with van der Waals surface area (Å²) in [7, 11) is 0. The number of hydrogen-bond acceptors (Lipinski definition) is 4. The van der Waals surface area contributed by atoms with Crippen molar-refractivity contribution in [2.75, 3.05) is 12.4 Å². The number of ether oxygens (including phenoxy) is 1. The average Bonchev–Trinajstić information content (AvgIpc) is 2.37.